The number of thioether (sulfide) groups is 1. The molecule has 9 heteroatoms. The van der Waals surface area contributed by atoms with Gasteiger partial charge in [-0.05, 0) is 100 Å². The monoisotopic (exact) mass is 727 g/mol. The summed E-state index contributed by atoms with van der Waals surface area (Å²) in [4.78, 5) is 27.2. The van der Waals surface area contributed by atoms with E-state index in [1.54, 1.807) is 6.08 Å². The van der Waals surface area contributed by atoms with Crippen molar-refractivity contribution in [2.45, 2.75) is 20.1 Å². The number of ether oxygens (including phenoxy) is 2. The molecule has 0 saturated carbocycles. The van der Waals surface area contributed by atoms with Crippen molar-refractivity contribution in [3.8, 4) is 11.5 Å². The fourth-order valence-electron chi connectivity index (χ4n) is 3.37. The van der Waals surface area contributed by atoms with Gasteiger partial charge in [0.25, 0.3) is 11.1 Å². The minimum absolute atomic E-state index is 0.236. The molecule has 0 radical (unpaired) electrons. The van der Waals surface area contributed by atoms with Gasteiger partial charge >= 0.3 is 0 Å². The van der Waals surface area contributed by atoms with Gasteiger partial charge in [-0.2, -0.15) is 0 Å². The molecule has 3 aromatic carbocycles. The highest BCUT2D eigenvalue weighted by Gasteiger charge is 2.35. The Morgan fingerprint density at radius 2 is 1.57 bits per heavy atom. The number of nitrogens with zero attached hydrogens (tertiary/aromatic N) is 1. The molecule has 0 unspecified atom stereocenters. The third-order valence-corrected chi connectivity index (χ3v) is 7.82. The number of hydrogen-bond acceptors (Lipinski definition) is 5. The maximum Gasteiger partial charge on any atom is 0.293 e. The second kappa shape index (κ2) is 11.9. The molecule has 0 N–H and O–H groups in total. The van der Waals surface area contributed by atoms with Crippen LogP contribution < -0.4 is 9.47 Å². The minimum atomic E-state index is -0.300. The van der Waals surface area contributed by atoms with Crippen LogP contribution in [0.3, 0.4) is 0 Å². The summed E-state index contributed by atoms with van der Waals surface area (Å²) in [5.74, 6) is 0.944. The molecule has 1 saturated heterocycles. The number of carbonyl (C=O) groups is 2. The first-order chi connectivity index (χ1) is 16.8. The molecule has 3 aromatic rings. The fourth-order valence-corrected chi connectivity index (χ4v) is 5.52. The Balaban J connectivity index is 1.54. The van der Waals surface area contributed by atoms with E-state index in [9.17, 15) is 9.59 Å². The van der Waals surface area contributed by atoms with Gasteiger partial charge in [-0.25, -0.2) is 0 Å². The molecule has 4 rings (SSSR count). The van der Waals surface area contributed by atoms with Crippen molar-refractivity contribution in [2.75, 3.05) is 6.61 Å². The summed E-state index contributed by atoms with van der Waals surface area (Å²) in [7, 11) is 0. The number of halogens is 3. The second-order valence-corrected chi connectivity index (χ2v) is 11.6. The topological polar surface area (TPSA) is 55.8 Å². The van der Waals surface area contributed by atoms with Crippen LogP contribution >= 0.6 is 66.2 Å². The van der Waals surface area contributed by atoms with Crippen LogP contribution in [0.2, 0.25) is 0 Å². The third-order valence-electron chi connectivity index (χ3n) is 5.05. The molecule has 0 aromatic heterocycles. The van der Waals surface area contributed by atoms with Crippen LogP contribution in [0.5, 0.6) is 11.5 Å². The van der Waals surface area contributed by atoms with Gasteiger partial charge in [0.05, 0.1) is 21.6 Å². The van der Waals surface area contributed by atoms with E-state index in [4.69, 9.17) is 9.47 Å². The Bertz CT molecular complexity index is 1280. The van der Waals surface area contributed by atoms with Gasteiger partial charge in [0.15, 0.2) is 11.5 Å². The summed E-state index contributed by atoms with van der Waals surface area (Å²) in [6.45, 7) is 3.01. The quantitative estimate of drug-likeness (QED) is 0.174. The highest BCUT2D eigenvalue weighted by molar-refractivity contribution is 14.1. The van der Waals surface area contributed by atoms with Gasteiger partial charge in [-0.3, -0.25) is 14.5 Å². The number of carbonyl (C=O) groups excluding carboxylic acids is 2. The summed E-state index contributed by atoms with van der Waals surface area (Å²) in [6, 6.07) is 19.3. The Kier molecular flexibility index (Phi) is 8.96. The Morgan fingerprint density at radius 3 is 2.20 bits per heavy atom. The standard InChI is InChI=1S/C26H20Br2INO4S/c1-2-33-22-12-18(11-21(29)24(22)34-15-17-5-9-20(28)10-6-17)13-23-25(31)30(26(32)35-23)14-16-3-7-19(27)8-4-16/h3-13H,2,14-15H2,1H3/b23-13-. The average molecular weight is 729 g/mol. The van der Waals surface area contributed by atoms with Crippen LogP contribution in [0.4, 0.5) is 4.79 Å². The Hall–Kier alpha value is -1.82. The first-order valence-corrected chi connectivity index (χ1v) is 14.2. The SMILES string of the molecule is CCOc1cc(/C=C2\SC(=O)N(Cc3ccc(Br)cc3)C2=O)cc(I)c1OCc1ccc(Br)cc1. The summed E-state index contributed by atoms with van der Waals surface area (Å²) in [6.07, 6.45) is 1.73. The van der Waals surface area contributed by atoms with Gasteiger partial charge in [0.2, 0.25) is 0 Å². The molecule has 0 spiro atoms. The number of rotatable bonds is 8. The van der Waals surface area contributed by atoms with Gasteiger partial charge in [-0.1, -0.05) is 56.1 Å². The molecule has 5 nitrogen and oxygen atoms in total. The molecular weight excluding hydrogens is 709 g/mol. The lowest BCUT2D eigenvalue weighted by molar-refractivity contribution is -0.123. The third kappa shape index (κ3) is 6.69. The van der Waals surface area contributed by atoms with Crippen molar-refractivity contribution in [1.29, 1.82) is 0 Å². The number of benzene rings is 3. The van der Waals surface area contributed by atoms with E-state index >= 15 is 0 Å². The van der Waals surface area contributed by atoms with Gasteiger partial charge in [0.1, 0.15) is 6.61 Å². The first kappa shape index (κ1) is 26.2. The molecule has 2 amide bonds. The number of amides is 2. The summed E-state index contributed by atoms with van der Waals surface area (Å²) < 4.78 is 14.8. The van der Waals surface area contributed by atoms with Gasteiger partial charge < -0.3 is 9.47 Å². The molecule has 1 aliphatic heterocycles. The maximum absolute atomic E-state index is 13.0. The lowest BCUT2D eigenvalue weighted by Gasteiger charge is -2.15. The minimum Gasteiger partial charge on any atom is -0.490 e. The molecule has 1 aliphatic rings. The molecule has 0 aliphatic carbocycles. The smallest absolute Gasteiger partial charge is 0.293 e. The molecule has 180 valence electrons. The maximum atomic E-state index is 13.0. The van der Waals surface area contributed by atoms with E-state index in [2.05, 4.69) is 54.5 Å². The Labute approximate surface area is 238 Å². The zero-order chi connectivity index (χ0) is 24.9. The van der Waals surface area contributed by atoms with Crippen molar-refractivity contribution >= 4 is 83.4 Å². The van der Waals surface area contributed by atoms with Crippen molar-refractivity contribution in [3.63, 3.8) is 0 Å². The van der Waals surface area contributed by atoms with Crippen molar-refractivity contribution in [3.05, 3.63) is 94.8 Å². The molecule has 0 atom stereocenters. The zero-order valence-electron chi connectivity index (χ0n) is 18.6. The number of imide groups is 1. The molecular formula is C26H20Br2INO4S. The van der Waals surface area contributed by atoms with Gasteiger partial charge in [-0.15, -0.1) is 0 Å². The van der Waals surface area contributed by atoms with Crippen LogP contribution in [0.1, 0.15) is 23.6 Å². The predicted molar refractivity (Wildman–Crippen MR) is 154 cm³/mol. The zero-order valence-corrected chi connectivity index (χ0v) is 24.7. The van der Waals surface area contributed by atoms with E-state index in [1.807, 2.05) is 67.6 Å². The largest absolute Gasteiger partial charge is 0.490 e. The molecule has 0 bridgehead atoms. The van der Waals surface area contributed by atoms with E-state index in [-0.39, 0.29) is 17.7 Å². The molecule has 1 heterocycles. The highest BCUT2D eigenvalue weighted by Crippen LogP contribution is 2.38. The average Bonchev–Trinajstić information content (AvgIpc) is 3.08. The predicted octanol–water partition coefficient (Wildman–Crippen LogP) is 8.03. The van der Waals surface area contributed by atoms with Gasteiger partial charge in [0, 0.05) is 8.95 Å². The summed E-state index contributed by atoms with van der Waals surface area (Å²) in [5.41, 5.74) is 2.69. The van der Waals surface area contributed by atoms with Crippen LogP contribution in [-0.2, 0) is 17.9 Å². The summed E-state index contributed by atoms with van der Waals surface area (Å²) >= 11 is 9.99. The van der Waals surface area contributed by atoms with E-state index in [0.29, 0.717) is 29.6 Å². The highest BCUT2D eigenvalue weighted by atomic mass is 127. The van der Waals surface area contributed by atoms with Crippen LogP contribution in [0.15, 0.2) is 74.5 Å². The second-order valence-electron chi connectivity index (χ2n) is 7.57. The fraction of sp³-hybridized carbons (Fsp3) is 0.154. The van der Waals surface area contributed by atoms with E-state index < -0.39 is 0 Å². The van der Waals surface area contributed by atoms with Crippen molar-refractivity contribution in [1.82, 2.24) is 4.90 Å². The van der Waals surface area contributed by atoms with Crippen LogP contribution in [0.25, 0.3) is 6.08 Å². The van der Waals surface area contributed by atoms with Crippen LogP contribution in [0, 0.1) is 3.57 Å². The normalized spacial score (nSPS) is 14.6. The van der Waals surface area contributed by atoms with E-state index in [0.717, 1.165) is 41.0 Å². The Morgan fingerprint density at radius 1 is 0.943 bits per heavy atom. The lowest BCUT2D eigenvalue weighted by atomic mass is 10.1. The first-order valence-electron chi connectivity index (χ1n) is 10.7. The van der Waals surface area contributed by atoms with Crippen molar-refractivity contribution < 1.29 is 19.1 Å². The molecule has 35 heavy (non-hydrogen) atoms. The van der Waals surface area contributed by atoms with Crippen LogP contribution in [-0.4, -0.2) is 22.7 Å². The number of hydrogen-bond donors (Lipinski definition) is 0. The van der Waals surface area contributed by atoms with Crippen molar-refractivity contribution in [2.24, 2.45) is 0 Å². The summed E-state index contributed by atoms with van der Waals surface area (Å²) in [5, 5.41) is -0.279. The molecule has 1 fully saturated rings. The van der Waals surface area contributed by atoms with E-state index in [1.165, 1.54) is 4.90 Å². The lowest BCUT2D eigenvalue weighted by Crippen LogP contribution is -2.27.